The Morgan fingerprint density at radius 3 is 2.40 bits per heavy atom. The van der Waals surface area contributed by atoms with Gasteiger partial charge in [-0.05, 0) is 38.0 Å². The maximum atomic E-state index is 12.3. The van der Waals surface area contributed by atoms with Crippen molar-refractivity contribution in [3.63, 3.8) is 0 Å². The fourth-order valence-electron chi connectivity index (χ4n) is 3.48. The second-order valence-electron chi connectivity index (χ2n) is 6.35. The number of nitrogens with zero attached hydrogens (tertiary/aromatic N) is 2. The lowest BCUT2D eigenvalue weighted by atomic mass is 9.72. The summed E-state index contributed by atoms with van der Waals surface area (Å²) in [7, 11) is 0. The average Bonchev–Trinajstić information content (AvgIpc) is 2.46. The smallest absolute Gasteiger partial charge is 0.227 e. The molecule has 20 heavy (non-hydrogen) atoms. The zero-order chi connectivity index (χ0) is 14.0. The van der Waals surface area contributed by atoms with E-state index in [1.807, 2.05) is 30.3 Å². The van der Waals surface area contributed by atoms with Gasteiger partial charge in [-0.3, -0.25) is 4.79 Å². The summed E-state index contributed by atoms with van der Waals surface area (Å²) in [5.41, 5.74) is 1.57. The van der Waals surface area contributed by atoms with Gasteiger partial charge in [0.15, 0.2) is 0 Å². The van der Waals surface area contributed by atoms with Crippen LogP contribution in [0, 0.1) is 5.41 Å². The van der Waals surface area contributed by atoms with E-state index in [-0.39, 0.29) is 0 Å². The van der Waals surface area contributed by atoms with Crippen molar-refractivity contribution in [1.82, 2.24) is 9.80 Å². The molecule has 0 saturated carbocycles. The summed E-state index contributed by atoms with van der Waals surface area (Å²) in [6.07, 6.45) is 3.07. The Labute approximate surface area is 121 Å². The van der Waals surface area contributed by atoms with Gasteiger partial charge in [-0.2, -0.15) is 0 Å². The minimum atomic E-state index is 0.291. The molecule has 0 radical (unpaired) electrons. The Balaban J connectivity index is 1.49. The third-order valence-electron chi connectivity index (χ3n) is 4.97. The SMILES string of the molecule is CCN1CCC2(CC1)CN(C(=O)Cc1ccccc1)C2. The van der Waals surface area contributed by atoms with Gasteiger partial charge >= 0.3 is 0 Å². The number of hydrogen-bond donors (Lipinski definition) is 0. The van der Waals surface area contributed by atoms with Crippen molar-refractivity contribution >= 4 is 5.91 Å². The van der Waals surface area contributed by atoms with E-state index < -0.39 is 0 Å². The molecule has 2 saturated heterocycles. The average molecular weight is 272 g/mol. The van der Waals surface area contributed by atoms with E-state index in [1.54, 1.807) is 0 Å². The summed E-state index contributed by atoms with van der Waals surface area (Å²) >= 11 is 0. The fourth-order valence-corrected chi connectivity index (χ4v) is 3.48. The van der Waals surface area contributed by atoms with Crippen LogP contribution in [0.5, 0.6) is 0 Å². The molecule has 2 fully saturated rings. The van der Waals surface area contributed by atoms with E-state index in [9.17, 15) is 4.79 Å². The number of amides is 1. The molecule has 2 heterocycles. The molecule has 0 N–H and O–H groups in total. The predicted molar refractivity (Wildman–Crippen MR) is 80.5 cm³/mol. The first-order chi connectivity index (χ1) is 9.71. The van der Waals surface area contributed by atoms with Crippen molar-refractivity contribution in [3.05, 3.63) is 35.9 Å². The van der Waals surface area contributed by atoms with Crippen LogP contribution in [0.2, 0.25) is 0 Å². The largest absolute Gasteiger partial charge is 0.341 e. The van der Waals surface area contributed by atoms with Gasteiger partial charge in [-0.1, -0.05) is 37.3 Å². The lowest BCUT2D eigenvalue weighted by Gasteiger charge is -2.54. The van der Waals surface area contributed by atoms with Crippen LogP contribution in [0.3, 0.4) is 0 Å². The summed E-state index contributed by atoms with van der Waals surface area (Å²) in [6.45, 7) is 7.77. The van der Waals surface area contributed by atoms with E-state index in [0.29, 0.717) is 17.7 Å². The predicted octanol–water partition coefficient (Wildman–Crippen LogP) is 2.17. The minimum Gasteiger partial charge on any atom is -0.341 e. The first-order valence-electron chi connectivity index (χ1n) is 7.75. The molecule has 3 rings (SSSR count). The molecule has 0 unspecified atom stereocenters. The molecule has 1 amide bonds. The Kier molecular flexibility index (Phi) is 3.79. The van der Waals surface area contributed by atoms with Gasteiger partial charge in [-0.25, -0.2) is 0 Å². The number of benzene rings is 1. The third kappa shape index (κ3) is 2.73. The van der Waals surface area contributed by atoms with E-state index in [4.69, 9.17) is 0 Å². The van der Waals surface area contributed by atoms with Crippen LogP contribution in [0.1, 0.15) is 25.3 Å². The molecule has 1 spiro atoms. The minimum absolute atomic E-state index is 0.291. The lowest BCUT2D eigenvalue weighted by Crippen LogP contribution is -2.62. The summed E-state index contributed by atoms with van der Waals surface area (Å²) in [5, 5.41) is 0. The third-order valence-corrected chi connectivity index (χ3v) is 4.97. The van der Waals surface area contributed by atoms with Crippen molar-refractivity contribution < 1.29 is 4.79 Å². The molecule has 0 aliphatic carbocycles. The highest BCUT2D eigenvalue weighted by Gasteiger charge is 2.46. The van der Waals surface area contributed by atoms with Crippen molar-refractivity contribution in [1.29, 1.82) is 0 Å². The molecule has 0 bridgehead atoms. The van der Waals surface area contributed by atoms with Gasteiger partial charge in [0, 0.05) is 18.5 Å². The normalized spacial score (nSPS) is 21.8. The fraction of sp³-hybridized carbons (Fsp3) is 0.588. The lowest BCUT2D eigenvalue weighted by molar-refractivity contribution is -0.146. The quantitative estimate of drug-likeness (QED) is 0.842. The molecular weight excluding hydrogens is 248 g/mol. The molecule has 1 aromatic carbocycles. The van der Waals surface area contributed by atoms with Crippen LogP contribution in [0.4, 0.5) is 0 Å². The first-order valence-corrected chi connectivity index (χ1v) is 7.75. The number of carbonyl (C=O) groups excluding carboxylic acids is 1. The Morgan fingerprint density at radius 2 is 1.80 bits per heavy atom. The van der Waals surface area contributed by atoms with Crippen LogP contribution >= 0.6 is 0 Å². The van der Waals surface area contributed by atoms with E-state index in [2.05, 4.69) is 16.7 Å². The standard InChI is InChI=1S/C17H24N2O/c1-2-18-10-8-17(9-11-18)13-19(14-17)16(20)12-15-6-4-3-5-7-15/h3-7H,2,8-14H2,1H3. The zero-order valence-electron chi connectivity index (χ0n) is 12.3. The van der Waals surface area contributed by atoms with Crippen molar-refractivity contribution in [2.45, 2.75) is 26.2 Å². The van der Waals surface area contributed by atoms with Gasteiger partial charge in [0.25, 0.3) is 0 Å². The first kappa shape index (κ1) is 13.6. The summed E-state index contributed by atoms with van der Waals surface area (Å²) in [4.78, 5) is 16.8. The number of likely N-dealkylation sites (tertiary alicyclic amines) is 2. The monoisotopic (exact) mass is 272 g/mol. The van der Waals surface area contributed by atoms with Gasteiger partial charge < -0.3 is 9.80 Å². The van der Waals surface area contributed by atoms with Gasteiger partial charge in [0.1, 0.15) is 0 Å². The zero-order valence-corrected chi connectivity index (χ0v) is 12.3. The Morgan fingerprint density at radius 1 is 1.15 bits per heavy atom. The molecule has 2 aliphatic rings. The maximum Gasteiger partial charge on any atom is 0.227 e. The maximum absolute atomic E-state index is 12.3. The van der Waals surface area contributed by atoms with E-state index in [0.717, 1.165) is 25.2 Å². The number of carbonyl (C=O) groups is 1. The Bertz CT molecular complexity index is 455. The van der Waals surface area contributed by atoms with Crippen LogP contribution in [0.25, 0.3) is 0 Å². The summed E-state index contributed by atoms with van der Waals surface area (Å²) in [6, 6.07) is 10.1. The highest BCUT2D eigenvalue weighted by atomic mass is 16.2. The van der Waals surface area contributed by atoms with Gasteiger partial charge in [-0.15, -0.1) is 0 Å². The second kappa shape index (κ2) is 5.57. The summed E-state index contributed by atoms with van der Waals surface area (Å²) < 4.78 is 0. The molecular formula is C17H24N2O. The van der Waals surface area contributed by atoms with Crippen LogP contribution in [-0.4, -0.2) is 48.4 Å². The molecule has 1 aromatic rings. The Hall–Kier alpha value is -1.35. The number of piperidine rings is 1. The topological polar surface area (TPSA) is 23.6 Å². The van der Waals surface area contributed by atoms with Crippen LogP contribution in [-0.2, 0) is 11.2 Å². The van der Waals surface area contributed by atoms with E-state index in [1.165, 1.54) is 25.9 Å². The van der Waals surface area contributed by atoms with Crippen molar-refractivity contribution in [3.8, 4) is 0 Å². The molecule has 2 aliphatic heterocycles. The molecule has 3 nitrogen and oxygen atoms in total. The number of rotatable bonds is 3. The van der Waals surface area contributed by atoms with Crippen molar-refractivity contribution in [2.75, 3.05) is 32.7 Å². The van der Waals surface area contributed by atoms with Crippen LogP contribution in [0.15, 0.2) is 30.3 Å². The molecule has 0 atom stereocenters. The van der Waals surface area contributed by atoms with Gasteiger partial charge in [0.2, 0.25) is 5.91 Å². The highest BCUT2D eigenvalue weighted by molar-refractivity contribution is 5.79. The molecule has 0 aromatic heterocycles. The number of hydrogen-bond acceptors (Lipinski definition) is 2. The molecule has 108 valence electrons. The van der Waals surface area contributed by atoms with Crippen molar-refractivity contribution in [2.24, 2.45) is 5.41 Å². The highest BCUT2D eigenvalue weighted by Crippen LogP contribution is 2.40. The second-order valence-corrected chi connectivity index (χ2v) is 6.35. The summed E-state index contributed by atoms with van der Waals surface area (Å²) in [5.74, 6) is 0.291. The van der Waals surface area contributed by atoms with Gasteiger partial charge in [0.05, 0.1) is 6.42 Å². The van der Waals surface area contributed by atoms with Crippen LogP contribution < -0.4 is 0 Å². The van der Waals surface area contributed by atoms with E-state index >= 15 is 0 Å². The molecule has 3 heteroatoms.